The minimum Gasteiger partial charge on any atom is -0.436 e. The Morgan fingerprint density at radius 2 is 2.00 bits per heavy atom. The monoisotopic (exact) mass is 251 g/mol. The van der Waals surface area contributed by atoms with Crippen molar-refractivity contribution in [3.05, 3.63) is 52.4 Å². The molecular formula is C13H11ClFNO. The van der Waals surface area contributed by atoms with Crippen LogP contribution in [0.3, 0.4) is 0 Å². The van der Waals surface area contributed by atoms with Crippen LogP contribution in [0.15, 0.2) is 30.5 Å². The summed E-state index contributed by atoms with van der Waals surface area (Å²) in [5.41, 5.74) is 1.96. The van der Waals surface area contributed by atoms with Gasteiger partial charge < -0.3 is 4.74 Å². The van der Waals surface area contributed by atoms with Crippen molar-refractivity contribution in [2.24, 2.45) is 0 Å². The van der Waals surface area contributed by atoms with Gasteiger partial charge in [-0.15, -0.1) is 0 Å². The summed E-state index contributed by atoms with van der Waals surface area (Å²) >= 11 is 5.62. The summed E-state index contributed by atoms with van der Waals surface area (Å²) in [5, 5.41) is 0.246. The molecule has 2 nitrogen and oxygen atoms in total. The normalized spacial score (nSPS) is 10.4. The fourth-order valence-corrected chi connectivity index (χ4v) is 1.54. The van der Waals surface area contributed by atoms with Crippen LogP contribution in [0.5, 0.6) is 11.6 Å². The lowest BCUT2D eigenvalue weighted by Crippen LogP contribution is -1.94. The van der Waals surface area contributed by atoms with E-state index in [1.54, 1.807) is 0 Å². The van der Waals surface area contributed by atoms with Gasteiger partial charge in [-0.1, -0.05) is 23.7 Å². The van der Waals surface area contributed by atoms with Crippen LogP contribution in [0.4, 0.5) is 4.39 Å². The topological polar surface area (TPSA) is 22.1 Å². The molecule has 0 saturated heterocycles. The Labute approximate surface area is 104 Å². The van der Waals surface area contributed by atoms with Crippen LogP contribution in [-0.4, -0.2) is 4.98 Å². The molecule has 0 bridgehead atoms. The lowest BCUT2D eigenvalue weighted by molar-refractivity contribution is 0.420. The van der Waals surface area contributed by atoms with Gasteiger partial charge in [0, 0.05) is 6.20 Å². The van der Waals surface area contributed by atoms with E-state index in [1.807, 2.05) is 32.0 Å². The number of hydrogen-bond acceptors (Lipinski definition) is 2. The van der Waals surface area contributed by atoms with Crippen molar-refractivity contribution in [3.63, 3.8) is 0 Å². The number of nitrogens with zero attached hydrogens (tertiary/aromatic N) is 1. The quantitative estimate of drug-likeness (QED) is 0.795. The first-order chi connectivity index (χ1) is 8.06. The Bertz CT molecular complexity index is 557. The van der Waals surface area contributed by atoms with Crippen LogP contribution in [0, 0.1) is 19.7 Å². The van der Waals surface area contributed by atoms with Gasteiger partial charge in [0.1, 0.15) is 5.75 Å². The maximum atomic E-state index is 13.5. The van der Waals surface area contributed by atoms with Gasteiger partial charge >= 0.3 is 0 Å². The van der Waals surface area contributed by atoms with Gasteiger partial charge in [0.15, 0.2) is 5.82 Å². The smallest absolute Gasteiger partial charge is 0.255 e. The van der Waals surface area contributed by atoms with Gasteiger partial charge in [0.05, 0.1) is 5.02 Å². The van der Waals surface area contributed by atoms with Crippen LogP contribution < -0.4 is 4.74 Å². The Morgan fingerprint density at radius 3 is 2.71 bits per heavy atom. The summed E-state index contributed by atoms with van der Waals surface area (Å²) < 4.78 is 18.9. The van der Waals surface area contributed by atoms with Gasteiger partial charge in [0.25, 0.3) is 5.88 Å². The molecular weight excluding hydrogens is 241 g/mol. The van der Waals surface area contributed by atoms with E-state index < -0.39 is 5.82 Å². The summed E-state index contributed by atoms with van der Waals surface area (Å²) in [4.78, 5) is 3.81. The van der Waals surface area contributed by atoms with Gasteiger partial charge in [0.2, 0.25) is 0 Å². The first-order valence-electron chi connectivity index (χ1n) is 5.12. The molecule has 1 aromatic carbocycles. The maximum Gasteiger partial charge on any atom is 0.255 e. The molecule has 2 rings (SSSR count). The predicted octanol–water partition coefficient (Wildman–Crippen LogP) is 4.28. The lowest BCUT2D eigenvalue weighted by atomic mass is 10.1. The van der Waals surface area contributed by atoms with Crippen molar-refractivity contribution in [3.8, 4) is 11.6 Å². The molecule has 17 heavy (non-hydrogen) atoms. The summed E-state index contributed by atoms with van der Waals surface area (Å²) in [6, 6.07) is 6.90. The molecule has 0 atom stereocenters. The fourth-order valence-electron chi connectivity index (χ4n) is 1.40. The molecule has 0 saturated carbocycles. The summed E-state index contributed by atoms with van der Waals surface area (Å²) in [7, 11) is 0. The Balaban J connectivity index is 2.34. The lowest BCUT2D eigenvalue weighted by Gasteiger charge is -2.09. The number of hydrogen-bond donors (Lipinski definition) is 0. The van der Waals surface area contributed by atoms with Crippen molar-refractivity contribution < 1.29 is 9.13 Å². The molecule has 0 fully saturated rings. The number of halogens is 2. The number of rotatable bonds is 2. The van der Waals surface area contributed by atoms with Crippen molar-refractivity contribution in [2.75, 3.05) is 0 Å². The van der Waals surface area contributed by atoms with E-state index in [0.29, 0.717) is 5.75 Å². The third-order valence-corrected chi connectivity index (χ3v) is 2.53. The second-order valence-electron chi connectivity index (χ2n) is 3.81. The van der Waals surface area contributed by atoms with Crippen molar-refractivity contribution in [1.82, 2.24) is 4.98 Å². The maximum absolute atomic E-state index is 13.5. The summed E-state index contributed by atoms with van der Waals surface area (Å²) in [6.07, 6.45) is 1.35. The van der Waals surface area contributed by atoms with E-state index in [4.69, 9.17) is 16.3 Å². The van der Waals surface area contributed by atoms with Gasteiger partial charge in [-0.2, -0.15) is 0 Å². The average Bonchev–Trinajstić information content (AvgIpc) is 2.27. The Hall–Kier alpha value is -1.61. The highest BCUT2D eigenvalue weighted by molar-refractivity contribution is 6.30. The Morgan fingerprint density at radius 1 is 1.24 bits per heavy atom. The highest BCUT2D eigenvalue weighted by atomic mass is 35.5. The van der Waals surface area contributed by atoms with E-state index in [1.165, 1.54) is 12.3 Å². The molecule has 0 unspecified atom stereocenters. The van der Waals surface area contributed by atoms with E-state index in [-0.39, 0.29) is 10.9 Å². The first-order valence-corrected chi connectivity index (χ1v) is 5.50. The number of aromatic nitrogens is 1. The van der Waals surface area contributed by atoms with Gasteiger partial charge in [-0.25, -0.2) is 9.37 Å². The number of benzene rings is 1. The molecule has 2 aromatic rings. The number of pyridine rings is 1. The molecule has 0 N–H and O–H groups in total. The highest BCUT2D eigenvalue weighted by Crippen LogP contribution is 2.27. The molecule has 88 valence electrons. The number of aryl methyl sites for hydroxylation is 2. The first kappa shape index (κ1) is 11.9. The van der Waals surface area contributed by atoms with Gasteiger partial charge in [-0.05, 0) is 37.1 Å². The molecule has 0 spiro atoms. The zero-order valence-electron chi connectivity index (χ0n) is 9.50. The van der Waals surface area contributed by atoms with Crippen molar-refractivity contribution in [2.45, 2.75) is 13.8 Å². The van der Waals surface area contributed by atoms with Crippen LogP contribution in [0.1, 0.15) is 11.1 Å². The molecule has 0 aliphatic rings. The van der Waals surface area contributed by atoms with E-state index >= 15 is 0 Å². The van der Waals surface area contributed by atoms with Crippen LogP contribution in [0.25, 0.3) is 0 Å². The van der Waals surface area contributed by atoms with Crippen molar-refractivity contribution in [1.29, 1.82) is 0 Å². The molecule has 4 heteroatoms. The summed E-state index contributed by atoms with van der Waals surface area (Å²) in [5.74, 6) is -0.0415. The molecule has 1 heterocycles. The van der Waals surface area contributed by atoms with E-state index in [0.717, 1.165) is 11.1 Å². The molecule has 0 amide bonds. The number of ether oxygens (including phenoxy) is 1. The third-order valence-electron chi connectivity index (χ3n) is 2.32. The van der Waals surface area contributed by atoms with Gasteiger partial charge in [-0.3, -0.25) is 0 Å². The van der Waals surface area contributed by atoms with E-state index in [2.05, 4.69) is 4.98 Å². The highest BCUT2D eigenvalue weighted by Gasteiger charge is 2.09. The minimum atomic E-state index is -0.571. The summed E-state index contributed by atoms with van der Waals surface area (Å²) in [6.45, 7) is 3.83. The van der Waals surface area contributed by atoms with E-state index in [9.17, 15) is 4.39 Å². The standard InChI is InChI=1S/C13H11ClFNO/c1-8-3-4-9(2)12(5-8)17-13-11(15)6-10(14)7-16-13/h3-7H,1-2H3. The van der Waals surface area contributed by atoms with Crippen molar-refractivity contribution >= 4 is 11.6 Å². The average molecular weight is 252 g/mol. The largest absolute Gasteiger partial charge is 0.436 e. The molecule has 1 aromatic heterocycles. The second-order valence-corrected chi connectivity index (χ2v) is 4.25. The van der Waals surface area contributed by atoms with Crippen LogP contribution >= 0.6 is 11.6 Å². The second kappa shape index (κ2) is 4.72. The Kier molecular flexibility index (Phi) is 3.29. The molecule has 0 radical (unpaired) electrons. The SMILES string of the molecule is Cc1ccc(C)c(Oc2ncc(Cl)cc2F)c1. The third kappa shape index (κ3) is 2.74. The zero-order chi connectivity index (χ0) is 12.4. The fraction of sp³-hybridized carbons (Fsp3) is 0.154. The van der Waals surface area contributed by atoms with Crippen LogP contribution in [-0.2, 0) is 0 Å². The predicted molar refractivity (Wildman–Crippen MR) is 65.2 cm³/mol. The molecule has 0 aliphatic heterocycles. The zero-order valence-corrected chi connectivity index (χ0v) is 10.3. The molecule has 0 aliphatic carbocycles. The minimum absolute atomic E-state index is 0.0666. The van der Waals surface area contributed by atoms with Crippen LogP contribution in [0.2, 0.25) is 5.02 Å².